The molecule has 1 aliphatic carbocycles. The van der Waals surface area contributed by atoms with Crippen molar-refractivity contribution < 1.29 is 36.7 Å². The predicted octanol–water partition coefficient (Wildman–Crippen LogP) is 7.16. The van der Waals surface area contributed by atoms with Gasteiger partial charge in [-0.1, -0.05) is 0 Å². The van der Waals surface area contributed by atoms with Crippen molar-refractivity contribution in [1.82, 2.24) is 29.4 Å². The molecule has 3 aromatic heterocycles. The summed E-state index contributed by atoms with van der Waals surface area (Å²) in [5.41, 5.74) is 1.21. The first-order valence-electron chi connectivity index (χ1n) is 18.5. The highest BCUT2D eigenvalue weighted by Crippen LogP contribution is 2.37. The zero-order chi connectivity index (χ0) is 38.4. The smallest absolute Gasteiger partial charge is 0.416 e. The van der Waals surface area contributed by atoms with Crippen LogP contribution in [-0.2, 0) is 11.0 Å². The minimum atomic E-state index is -4.80. The largest absolute Gasteiger partial charge is 0.494 e. The third-order valence-electron chi connectivity index (χ3n) is 11.2. The number of carbonyl (C=O) groups excluding carboxylic acids is 3. The van der Waals surface area contributed by atoms with Gasteiger partial charge in [-0.3, -0.25) is 28.9 Å². The zero-order valence-corrected chi connectivity index (χ0v) is 30.1. The van der Waals surface area contributed by atoms with Crippen molar-refractivity contribution in [2.24, 2.45) is 5.92 Å². The molecule has 3 aliphatic rings. The van der Waals surface area contributed by atoms with Crippen LogP contribution in [0.1, 0.15) is 78.4 Å². The molecule has 12 nitrogen and oxygen atoms in total. The number of ether oxygens (including phenoxy) is 1. The van der Waals surface area contributed by atoms with Crippen LogP contribution in [0.15, 0.2) is 61.1 Å². The third-order valence-corrected chi connectivity index (χ3v) is 11.2. The maximum atomic E-state index is 14.0. The predicted molar refractivity (Wildman–Crippen MR) is 196 cm³/mol. The van der Waals surface area contributed by atoms with E-state index in [2.05, 4.69) is 32.7 Å². The molecule has 0 unspecified atom stereocenters. The number of hydrogen-bond donors (Lipinski definition) is 2. The van der Waals surface area contributed by atoms with Gasteiger partial charge in [-0.25, -0.2) is 14.2 Å². The van der Waals surface area contributed by atoms with E-state index in [9.17, 15) is 31.9 Å². The number of alkyl halides is 3. The average Bonchev–Trinajstić information content (AvgIpc) is 3.78. The van der Waals surface area contributed by atoms with Gasteiger partial charge in [0.2, 0.25) is 5.91 Å². The van der Waals surface area contributed by atoms with Gasteiger partial charge in [0.05, 0.1) is 36.1 Å². The van der Waals surface area contributed by atoms with Gasteiger partial charge in [0.25, 0.3) is 5.91 Å². The molecule has 16 heteroatoms. The highest BCUT2D eigenvalue weighted by atomic mass is 19.4. The molecular weight excluding hydrogens is 720 g/mol. The number of hydrogen-bond acceptors (Lipinski definition) is 7. The first-order valence-corrected chi connectivity index (χ1v) is 18.5. The number of urea groups is 1. The van der Waals surface area contributed by atoms with E-state index in [1.165, 1.54) is 12.7 Å². The number of nitrogens with one attached hydrogen (secondary N) is 2. The van der Waals surface area contributed by atoms with Crippen LogP contribution in [-0.4, -0.2) is 75.2 Å². The molecular formula is C39H40F4N8O4. The number of fused-ring (bicyclic) bond motifs is 2. The molecule has 2 N–H and O–H groups in total. The first kappa shape index (κ1) is 36.5. The number of likely N-dealkylation sites (tertiary alicyclic amines) is 1. The quantitative estimate of drug-likeness (QED) is 0.161. The highest BCUT2D eigenvalue weighted by Gasteiger charge is 2.33. The number of carbonyl (C=O) groups is 3. The van der Waals surface area contributed by atoms with Gasteiger partial charge in [-0.05, 0) is 105 Å². The van der Waals surface area contributed by atoms with E-state index in [0.717, 1.165) is 75.3 Å². The summed E-state index contributed by atoms with van der Waals surface area (Å²) in [7, 11) is 1.42. The van der Waals surface area contributed by atoms with Gasteiger partial charge in [0.1, 0.15) is 23.0 Å². The number of rotatable bonds is 8. The van der Waals surface area contributed by atoms with Gasteiger partial charge < -0.3 is 15.0 Å². The van der Waals surface area contributed by atoms with E-state index in [-0.39, 0.29) is 29.8 Å². The second kappa shape index (κ2) is 14.6. The normalized spacial score (nSPS) is 20.3. The minimum absolute atomic E-state index is 0.205. The average molecular weight is 761 g/mol. The molecule has 8 rings (SSSR count). The summed E-state index contributed by atoms with van der Waals surface area (Å²) < 4.78 is 63.0. The molecule has 2 aromatic carbocycles. The topological polar surface area (TPSA) is 126 Å². The lowest BCUT2D eigenvalue weighted by Gasteiger charge is -2.36. The molecule has 0 spiro atoms. The number of pyridine rings is 1. The van der Waals surface area contributed by atoms with Gasteiger partial charge in [0.15, 0.2) is 0 Å². The fraction of sp³-hybridized carbons (Fsp3) is 0.410. The van der Waals surface area contributed by atoms with Gasteiger partial charge in [-0.2, -0.15) is 18.3 Å². The summed E-state index contributed by atoms with van der Waals surface area (Å²) in [6, 6.07) is 9.06. The SMILES string of the molecule is COc1cc2nn([C@H]3CC[C@H](CN4CCC(c5ccn6c(N7CCC(=O)NC7=O)cnc6c5)CC4)CC3)cc2cc1NC(=O)c1cc(F)cc(C(F)(F)F)c1. The summed E-state index contributed by atoms with van der Waals surface area (Å²) in [6.45, 7) is 3.42. The molecule has 3 fully saturated rings. The Bertz CT molecular complexity index is 2270. The van der Waals surface area contributed by atoms with Crippen LogP contribution in [0.3, 0.4) is 0 Å². The van der Waals surface area contributed by atoms with Crippen molar-refractivity contribution in [3.63, 3.8) is 0 Å². The second-order valence-corrected chi connectivity index (χ2v) is 14.7. The maximum absolute atomic E-state index is 14.0. The molecule has 5 heterocycles. The van der Waals surface area contributed by atoms with Crippen molar-refractivity contribution in [2.75, 3.05) is 43.5 Å². The molecule has 1 saturated carbocycles. The molecule has 55 heavy (non-hydrogen) atoms. The van der Waals surface area contributed by atoms with Gasteiger partial charge in [-0.15, -0.1) is 0 Å². The number of halogens is 4. The molecule has 0 atom stereocenters. The number of amides is 4. The number of imide groups is 1. The summed E-state index contributed by atoms with van der Waals surface area (Å²) in [6.07, 6.45) is 7.20. The summed E-state index contributed by atoms with van der Waals surface area (Å²) in [4.78, 5) is 45.5. The fourth-order valence-electron chi connectivity index (χ4n) is 8.23. The number of methoxy groups -OCH3 is 1. The monoisotopic (exact) mass is 760 g/mol. The Morgan fingerprint density at radius 3 is 2.51 bits per heavy atom. The molecule has 288 valence electrons. The lowest BCUT2D eigenvalue weighted by Crippen LogP contribution is -2.50. The lowest BCUT2D eigenvalue weighted by molar-refractivity contribution is -0.137. The standard InChI is InChI=1S/C39H40F4N8O4/c1-55-33-19-31-27(16-32(33)45-37(53)26-14-28(39(41,42)43)18-29(40)15-26)22-51(47-31)30-4-2-23(3-5-30)21-48-10-6-24(7-11-48)25-8-12-49-34(17-25)44-20-36(49)50-13-9-35(52)46-38(50)54/h8,12,14-20,22-24,30H,2-7,9-11,13,21H2,1H3,(H,45,53)(H,46,52,54)/t23-,30-. The lowest BCUT2D eigenvalue weighted by atomic mass is 9.84. The Hall–Kier alpha value is -5.51. The van der Waals surface area contributed by atoms with E-state index in [0.29, 0.717) is 41.8 Å². The van der Waals surface area contributed by atoms with Crippen LogP contribution < -0.4 is 20.3 Å². The van der Waals surface area contributed by atoms with Crippen LogP contribution in [0, 0.1) is 11.7 Å². The van der Waals surface area contributed by atoms with E-state index >= 15 is 0 Å². The Morgan fingerprint density at radius 2 is 1.78 bits per heavy atom. The van der Waals surface area contributed by atoms with Crippen molar-refractivity contribution in [1.29, 1.82) is 0 Å². The number of piperidine rings is 1. The van der Waals surface area contributed by atoms with Crippen molar-refractivity contribution in [2.45, 2.75) is 63.1 Å². The van der Waals surface area contributed by atoms with Crippen molar-refractivity contribution in [3.8, 4) is 5.75 Å². The summed E-state index contributed by atoms with van der Waals surface area (Å²) >= 11 is 0. The van der Waals surface area contributed by atoms with Crippen LogP contribution in [0.5, 0.6) is 5.75 Å². The molecule has 2 aliphatic heterocycles. The first-order chi connectivity index (χ1) is 26.4. The molecule has 4 amide bonds. The zero-order valence-electron chi connectivity index (χ0n) is 30.1. The molecule has 0 radical (unpaired) electrons. The fourth-order valence-corrected chi connectivity index (χ4v) is 8.23. The number of aromatic nitrogens is 4. The van der Waals surface area contributed by atoms with Crippen LogP contribution in [0.2, 0.25) is 0 Å². The summed E-state index contributed by atoms with van der Waals surface area (Å²) in [5, 5.41) is 10.5. The molecule has 5 aromatic rings. The number of anilines is 2. The summed E-state index contributed by atoms with van der Waals surface area (Å²) in [5.74, 6) is -0.381. The van der Waals surface area contributed by atoms with Crippen LogP contribution in [0.4, 0.5) is 33.9 Å². The maximum Gasteiger partial charge on any atom is 0.416 e. The minimum Gasteiger partial charge on any atom is -0.494 e. The van der Waals surface area contributed by atoms with Crippen LogP contribution in [0.25, 0.3) is 16.6 Å². The Labute approximate surface area is 313 Å². The van der Waals surface area contributed by atoms with Gasteiger partial charge in [0, 0.05) is 48.9 Å². The third kappa shape index (κ3) is 7.59. The Kier molecular flexibility index (Phi) is 9.69. The Balaban J connectivity index is 0.847. The van der Waals surface area contributed by atoms with E-state index in [1.54, 1.807) is 23.2 Å². The Morgan fingerprint density at radius 1 is 1.00 bits per heavy atom. The number of benzene rings is 2. The van der Waals surface area contributed by atoms with Crippen molar-refractivity contribution in [3.05, 3.63) is 83.6 Å². The number of nitrogens with zero attached hydrogens (tertiary/aromatic N) is 6. The molecule has 0 bridgehead atoms. The van der Waals surface area contributed by atoms with E-state index < -0.39 is 35.1 Å². The van der Waals surface area contributed by atoms with Crippen molar-refractivity contribution >= 4 is 45.9 Å². The van der Waals surface area contributed by atoms with E-state index in [4.69, 9.17) is 9.84 Å². The second-order valence-electron chi connectivity index (χ2n) is 14.7. The van der Waals surface area contributed by atoms with Gasteiger partial charge >= 0.3 is 12.2 Å². The molecule has 2 saturated heterocycles. The van der Waals surface area contributed by atoms with Crippen LogP contribution >= 0.6 is 0 Å². The highest BCUT2D eigenvalue weighted by molar-refractivity contribution is 6.06. The number of imidazole rings is 1. The van der Waals surface area contributed by atoms with E-state index in [1.807, 2.05) is 21.5 Å².